The first-order valence-electron chi connectivity index (χ1n) is 11.0. The number of nitrogens with one attached hydrogen (secondary N) is 1. The number of fused-ring (bicyclic) bond motifs is 3. The first kappa shape index (κ1) is 23.2. The van der Waals surface area contributed by atoms with Crippen LogP contribution in [0.25, 0.3) is 15.9 Å². The molecule has 180 valence electrons. The number of halogens is 1. The normalized spacial score (nSPS) is 12.5. The highest BCUT2D eigenvalue weighted by molar-refractivity contribution is 7.19. The van der Waals surface area contributed by atoms with Gasteiger partial charge in [-0.05, 0) is 55.2 Å². The van der Waals surface area contributed by atoms with Crippen LogP contribution < -0.4 is 26.0 Å². The minimum Gasteiger partial charge on any atom is -0.497 e. The van der Waals surface area contributed by atoms with Crippen molar-refractivity contribution in [1.82, 2.24) is 9.13 Å². The van der Waals surface area contributed by atoms with E-state index in [0.717, 1.165) is 34.3 Å². The maximum Gasteiger partial charge on any atom is 0.337 e. The number of carbonyl (C=O) groups is 1. The van der Waals surface area contributed by atoms with E-state index in [1.54, 1.807) is 42.5 Å². The molecule has 1 N–H and O–H groups in total. The fourth-order valence-electron chi connectivity index (χ4n) is 4.42. The molecule has 0 spiro atoms. The van der Waals surface area contributed by atoms with Crippen LogP contribution in [0, 0.1) is 0 Å². The number of amides is 1. The Kier molecular flexibility index (Phi) is 6.12. The van der Waals surface area contributed by atoms with Crippen LogP contribution >= 0.6 is 22.9 Å². The zero-order valence-electron chi connectivity index (χ0n) is 19.1. The van der Waals surface area contributed by atoms with E-state index in [1.165, 1.54) is 30.1 Å². The molecule has 0 saturated carbocycles. The third kappa shape index (κ3) is 4.11. The maximum atomic E-state index is 13.6. The monoisotopic (exact) mass is 511 g/mol. The summed E-state index contributed by atoms with van der Waals surface area (Å²) in [4.78, 5) is 41.8. The van der Waals surface area contributed by atoms with E-state index < -0.39 is 11.6 Å². The number of anilines is 1. The summed E-state index contributed by atoms with van der Waals surface area (Å²) in [6, 6.07) is 11.6. The number of rotatable bonds is 6. The van der Waals surface area contributed by atoms with Crippen LogP contribution in [-0.2, 0) is 24.2 Å². The molecule has 0 aliphatic heterocycles. The number of carbonyl (C=O) groups excluding carboxylic acids is 1. The van der Waals surface area contributed by atoms with E-state index in [2.05, 4.69) is 5.32 Å². The zero-order chi connectivity index (χ0) is 24.7. The van der Waals surface area contributed by atoms with Crippen LogP contribution in [0.15, 0.2) is 52.1 Å². The van der Waals surface area contributed by atoms with E-state index >= 15 is 0 Å². The molecular weight excluding hydrogens is 490 g/mol. The number of thiophene rings is 1. The van der Waals surface area contributed by atoms with E-state index in [-0.39, 0.29) is 12.1 Å². The van der Waals surface area contributed by atoms with Crippen molar-refractivity contribution in [3.63, 3.8) is 0 Å². The van der Waals surface area contributed by atoms with Gasteiger partial charge in [0.1, 0.15) is 22.9 Å². The predicted octanol–water partition coefficient (Wildman–Crippen LogP) is 4.01. The summed E-state index contributed by atoms with van der Waals surface area (Å²) >= 11 is 7.56. The second kappa shape index (κ2) is 9.24. The first-order valence-corrected chi connectivity index (χ1v) is 12.2. The molecule has 35 heavy (non-hydrogen) atoms. The van der Waals surface area contributed by atoms with Crippen molar-refractivity contribution < 1.29 is 14.3 Å². The topological polar surface area (TPSA) is 91.6 Å². The fourth-order valence-corrected chi connectivity index (χ4v) is 5.98. The summed E-state index contributed by atoms with van der Waals surface area (Å²) in [6.07, 6.45) is 2.59. The van der Waals surface area contributed by atoms with Gasteiger partial charge in [-0.1, -0.05) is 17.7 Å². The third-order valence-electron chi connectivity index (χ3n) is 6.04. The van der Waals surface area contributed by atoms with Crippen LogP contribution in [0.4, 0.5) is 5.69 Å². The highest BCUT2D eigenvalue weighted by Crippen LogP contribution is 2.35. The van der Waals surface area contributed by atoms with Gasteiger partial charge in [-0.25, -0.2) is 9.36 Å². The van der Waals surface area contributed by atoms with E-state index in [9.17, 15) is 14.4 Å². The van der Waals surface area contributed by atoms with Crippen LogP contribution in [0.2, 0.25) is 5.02 Å². The number of nitrogens with zero attached hydrogens (tertiary/aromatic N) is 2. The van der Waals surface area contributed by atoms with E-state index in [4.69, 9.17) is 21.1 Å². The Morgan fingerprint density at radius 2 is 1.94 bits per heavy atom. The lowest BCUT2D eigenvalue weighted by molar-refractivity contribution is -0.116. The van der Waals surface area contributed by atoms with Crippen LogP contribution in [-0.4, -0.2) is 29.3 Å². The van der Waals surface area contributed by atoms with Crippen molar-refractivity contribution in [3.8, 4) is 17.2 Å². The van der Waals surface area contributed by atoms with Gasteiger partial charge >= 0.3 is 5.69 Å². The predicted molar refractivity (Wildman–Crippen MR) is 137 cm³/mol. The summed E-state index contributed by atoms with van der Waals surface area (Å²) in [7, 11) is 3.03. The average molecular weight is 512 g/mol. The fraction of sp³-hybridized carbons (Fsp3) is 0.240. The highest BCUT2D eigenvalue weighted by atomic mass is 35.5. The van der Waals surface area contributed by atoms with Crippen LogP contribution in [0.1, 0.15) is 16.9 Å². The summed E-state index contributed by atoms with van der Waals surface area (Å²) in [6.45, 7) is -0.273. The second-order valence-corrected chi connectivity index (χ2v) is 9.66. The number of aromatic nitrogens is 2. The molecule has 5 rings (SSSR count). The number of benzene rings is 2. The molecule has 0 unspecified atom stereocenters. The van der Waals surface area contributed by atoms with Gasteiger partial charge in [-0.2, -0.15) is 0 Å². The van der Waals surface area contributed by atoms with Gasteiger partial charge in [0.2, 0.25) is 5.91 Å². The molecule has 1 aliphatic carbocycles. The van der Waals surface area contributed by atoms with Gasteiger partial charge in [0.15, 0.2) is 0 Å². The zero-order valence-corrected chi connectivity index (χ0v) is 20.7. The molecule has 8 nitrogen and oxygen atoms in total. The summed E-state index contributed by atoms with van der Waals surface area (Å²) in [5, 5.41) is 3.70. The molecule has 2 aromatic carbocycles. The van der Waals surface area contributed by atoms with Gasteiger partial charge in [0.25, 0.3) is 5.56 Å². The molecule has 0 radical (unpaired) electrons. The molecule has 0 bridgehead atoms. The third-order valence-corrected chi connectivity index (χ3v) is 7.59. The lowest BCUT2D eigenvalue weighted by Crippen LogP contribution is -2.40. The lowest BCUT2D eigenvalue weighted by Gasteiger charge is -2.14. The number of aryl methyl sites for hydroxylation is 2. The number of ether oxygens (including phenoxy) is 2. The average Bonchev–Trinajstić information content (AvgIpc) is 3.44. The van der Waals surface area contributed by atoms with Crippen LogP contribution in [0.5, 0.6) is 11.5 Å². The smallest absolute Gasteiger partial charge is 0.337 e. The Balaban J connectivity index is 1.62. The number of methoxy groups -OCH3 is 2. The Bertz CT molecular complexity index is 1590. The summed E-state index contributed by atoms with van der Waals surface area (Å²) in [5.41, 5.74) is 0.788. The summed E-state index contributed by atoms with van der Waals surface area (Å²) < 4.78 is 13.0. The van der Waals surface area contributed by atoms with Crippen molar-refractivity contribution in [3.05, 3.63) is 78.8 Å². The SMILES string of the molecule is COc1ccc(NC(=O)Cn2c(=O)n(-c3cccc(Cl)c3)c(=O)c3c4c(sc32)CCC4)c(OC)c1. The molecule has 10 heteroatoms. The van der Waals surface area contributed by atoms with Crippen molar-refractivity contribution in [1.29, 1.82) is 0 Å². The van der Waals surface area contributed by atoms with Gasteiger partial charge < -0.3 is 14.8 Å². The largest absolute Gasteiger partial charge is 0.497 e. The standard InChI is InChI=1S/C25H22ClN3O5S/c1-33-16-9-10-18(19(12-16)34-2)27-21(30)13-28-24-22(17-7-4-8-20(17)35-24)23(31)29(25(28)32)15-6-3-5-14(26)11-15/h3,5-6,9-12H,4,7-8,13H2,1-2H3,(H,27,30). The molecular formula is C25H22ClN3O5S. The number of hydrogen-bond donors (Lipinski definition) is 1. The van der Waals surface area contributed by atoms with Gasteiger partial charge in [0, 0.05) is 16.0 Å². The Labute approximate surface area is 209 Å². The molecule has 0 saturated heterocycles. The molecule has 0 fully saturated rings. The van der Waals surface area contributed by atoms with Gasteiger partial charge in [-0.3, -0.25) is 14.2 Å². The molecule has 1 aliphatic rings. The maximum absolute atomic E-state index is 13.6. The van der Waals surface area contributed by atoms with Gasteiger partial charge in [0.05, 0.1) is 31.0 Å². The lowest BCUT2D eigenvalue weighted by atomic mass is 10.2. The van der Waals surface area contributed by atoms with Crippen molar-refractivity contribution in [2.24, 2.45) is 0 Å². The van der Waals surface area contributed by atoms with E-state index in [1.807, 2.05) is 0 Å². The van der Waals surface area contributed by atoms with E-state index in [0.29, 0.717) is 38.1 Å². The van der Waals surface area contributed by atoms with Crippen molar-refractivity contribution >= 4 is 44.7 Å². The Hall–Kier alpha value is -3.56. The highest BCUT2D eigenvalue weighted by Gasteiger charge is 2.26. The minimum absolute atomic E-state index is 0.273. The van der Waals surface area contributed by atoms with Gasteiger partial charge in [-0.15, -0.1) is 11.3 Å². The van der Waals surface area contributed by atoms with Crippen LogP contribution in [0.3, 0.4) is 0 Å². The summed E-state index contributed by atoms with van der Waals surface area (Å²) in [5.74, 6) is 0.579. The Morgan fingerprint density at radius 1 is 1.11 bits per heavy atom. The molecule has 2 aromatic heterocycles. The minimum atomic E-state index is -0.596. The number of hydrogen-bond acceptors (Lipinski definition) is 6. The van der Waals surface area contributed by atoms with Crippen molar-refractivity contribution in [2.75, 3.05) is 19.5 Å². The first-order chi connectivity index (χ1) is 16.9. The quantitative estimate of drug-likeness (QED) is 0.422. The molecule has 2 heterocycles. The molecule has 0 atom stereocenters. The molecule has 1 amide bonds. The molecule has 4 aromatic rings. The van der Waals surface area contributed by atoms with Crippen molar-refractivity contribution in [2.45, 2.75) is 25.8 Å². The second-order valence-electron chi connectivity index (χ2n) is 8.14. The Morgan fingerprint density at radius 3 is 2.69 bits per heavy atom.